The first-order valence-corrected chi connectivity index (χ1v) is 9.30. The first-order valence-electron chi connectivity index (χ1n) is 8.93. The summed E-state index contributed by atoms with van der Waals surface area (Å²) in [6.45, 7) is 1.88. The van der Waals surface area contributed by atoms with E-state index >= 15 is 0 Å². The summed E-state index contributed by atoms with van der Waals surface area (Å²) >= 11 is 6.36. The molecule has 3 aromatic rings. The van der Waals surface area contributed by atoms with Crippen molar-refractivity contribution >= 4 is 23.5 Å². The van der Waals surface area contributed by atoms with Crippen molar-refractivity contribution in [1.82, 2.24) is 9.78 Å². The predicted octanol–water partition coefficient (Wildman–Crippen LogP) is 4.08. The Morgan fingerprint density at radius 2 is 1.77 bits per heavy atom. The lowest BCUT2D eigenvalue weighted by Gasteiger charge is -2.15. The summed E-state index contributed by atoms with van der Waals surface area (Å²) in [5.41, 5.74) is 1.46. The molecular weight excluding hydrogens is 412 g/mol. The van der Waals surface area contributed by atoms with Crippen LogP contribution in [-0.2, 0) is 4.74 Å². The molecule has 0 radical (unpaired) electrons. The van der Waals surface area contributed by atoms with Gasteiger partial charge in [-0.3, -0.25) is 0 Å². The average molecular weight is 431 g/mol. The number of methoxy groups -OCH3 is 2. The number of nitrogens with zero attached hydrogens (tertiary/aromatic N) is 2. The predicted molar refractivity (Wildman–Crippen MR) is 110 cm³/mol. The van der Waals surface area contributed by atoms with E-state index < -0.39 is 11.9 Å². The van der Waals surface area contributed by atoms with Gasteiger partial charge in [0, 0.05) is 0 Å². The van der Waals surface area contributed by atoms with Gasteiger partial charge in [-0.25, -0.2) is 14.3 Å². The highest BCUT2D eigenvalue weighted by molar-refractivity contribution is 6.32. The SMILES string of the molecule is CCOC(=O)c1cc(-c2c(OC)cccc2OC)n(-c2ccc(C(=O)O)cc2Cl)n1. The van der Waals surface area contributed by atoms with Crippen molar-refractivity contribution in [3.8, 4) is 28.4 Å². The van der Waals surface area contributed by atoms with E-state index in [4.69, 9.17) is 25.8 Å². The van der Waals surface area contributed by atoms with Crippen molar-refractivity contribution in [1.29, 1.82) is 0 Å². The summed E-state index contributed by atoms with van der Waals surface area (Å²) in [6.07, 6.45) is 0. The van der Waals surface area contributed by atoms with Gasteiger partial charge in [-0.15, -0.1) is 0 Å². The molecule has 0 fully saturated rings. The normalized spacial score (nSPS) is 10.5. The Bertz CT molecular complexity index is 1090. The first-order chi connectivity index (χ1) is 14.4. The van der Waals surface area contributed by atoms with E-state index in [0.717, 1.165) is 0 Å². The molecule has 156 valence electrons. The number of carbonyl (C=O) groups excluding carboxylic acids is 1. The van der Waals surface area contributed by atoms with Crippen molar-refractivity contribution in [2.24, 2.45) is 0 Å². The number of rotatable bonds is 7. The number of aromatic nitrogens is 2. The number of hydrogen-bond donors (Lipinski definition) is 1. The Morgan fingerprint density at radius 1 is 1.10 bits per heavy atom. The van der Waals surface area contributed by atoms with E-state index in [-0.39, 0.29) is 22.9 Å². The number of hydrogen-bond acceptors (Lipinski definition) is 6. The van der Waals surface area contributed by atoms with Crippen LogP contribution in [0.15, 0.2) is 42.5 Å². The number of carbonyl (C=O) groups is 2. The summed E-state index contributed by atoms with van der Waals surface area (Å²) < 4.78 is 17.5. The lowest BCUT2D eigenvalue weighted by Crippen LogP contribution is -2.07. The Labute approximate surface area is 177 Å². The topological polar surface area (TPSA) is 99.9 Å². The van der Waals surface area contributed by atoms with E-state index in [1.807, 2.05) is 0 Å². The van der Waals surface area contributed by atoms with Gasteiger partial charge in [0.2, 0.25) is 0 Å². The molecule has 8 nitrogen and oxygen atoms in total. The van der Waals surface area contributed by atoms with Gasteiger partial charge in [-0.1, -0.05) is 17.7 Å². The van der Waals surface area contributed by atoms with Gasteiger partial charge < -0.3 is 19.3 Å². The van der Waals surface area contributed by atoms with E-state index in [1.165, 1.54) is 37.1 Å². The van der Waals surface area contributed by atoms with Gasteiger partial charge in [0.1, 0.15) is 11.5 Å². The molecule has 0 amide bonds. The minimum atomic E-state index is -1.11. The number of ether oxygens (including phenoxy) is 3. The van der Waals surface area contributed by atoms with Crippen LogP contribution in [0.1, 0.15) is 27.8 Å². The second-order valence-corrected chi connectivity index (χ2v) is 6.46. The molecule has 0 spiro atoms. The second-order valence-electron chi connectivity index (χ2n) is 6.06. The molecule has 1 N–H and O–H groups in total. The summed E-state index contributed by atoms with van der Waals surface area (Å²) in [6, 6.07) is 11.0. The Balaban J connectivity index is 2.29. The fourth-order valence-electron chi connectivity index (χ4n) is 2.96. The third-order valence-corrected chi connectivity index (χ3v) is 4.60. The zero-order valence-corrected chi connectivity index (χ0v) is 17.3. The molecule has 9 heteroatoms. The number of carboxylic acid groups (broad SMARTS) is 1. The van der Waals surface area contributed by atoms with Gasteiger partial charge in [0.05, 0.1) is 48.4 Å². The molecule has 1 aromatic heterocycles. The van der Waals surface area contributed by atoms with Crippen LogP contribution >= 0.6 is 11.6 Å². The van der Waals surface area contributed by atoms with Crippen LogP contribution in [0.2, 0.25) is 5.02 Å². The Morgan fingerprint density at radius 3 is 2.30 bits per heavy atom. The summed E-state index contributed by atoms with van der Waals surface area (Å²) in [5.74, 6) is -0.735. The molecule has 0 bridgehead atoms. The fraction of sp³-hybridized carbons (Fsp3) is 0.190. The Kier molecular flexibility index (Phi) is 6.27. The van der Waals surface area contributed by atoms with Crippen LogP contribution in [-0.4, -0.2) is 47.7 Å². The molecule has 2 aromatic carbocycles. The van der Waals surface area contributed by atoms with Crippen LogP contribution in [0.25, 0.3) is 16.9 Å². The van der Waals surface area contributed by atoms with Gasteiger partial charge >= 0.3 is 11.9 Å². The molecule has 0 unspecified atom stereocenters. The minimum Gasteiger partial charge on any atom is -0.496 e. The maximum absolute atomic E-state index is 12.3. The molecule has 0 saturated heterocycles. The first kappa shape index (κ1) is 21.2. The highest BCUT2D eigenvalue weighted by Gasteiger charge is 2.24. The maximum atomic E-state index is 12.3. The van der Waals surface area contributed by atoms with Gasteiger partial charge in [-0.05, 0) is 43.3 Å². The lowest BCUT2D eigenvalue weighted by molar-refractivity contribution is 0.0518. The van der Waals surface area contributed by atoms with Crippen molar-refractivity contribution < 1.29 is 28.9 Å². The number of carboxylic acids is 1. The summed E-state index contributed by atoms with van der Waals surface area (Å²) in [5, 5.41) is 13.7. The van der Waals surface area contributed by atoms with Crippen LogP contribution in [0, 0.1) is 0 Å². The van der Waals surface area contributed by atoms with Crippen LogP contribution < -0.4 is 9.47 Å². The van der Waals surface area contributed by atoms with Crippen molar-refractivity contribution in [2.75, 3.05) is 20.8 Å². The molecule has 3 rings (SSSR count). The number of aromatic carboxylic acids is 1. The molecular formula is C21H19ClN2O6. The zero-order chi connectivity index (χ0) is 21.8. The quantitative estimate of drug-likeness (QED) is 0.563. The number of halogens is 1. The van der Waals surface area contributed by atoms with Crippen molar-refractivity contribution in [2.45, 2.75) is 6.92 Å². The van der Waals surface area contributed by atoms with Crippen LogP contribution in [0.4, 0.5) is 0 Å². The van der Waals surface area contributed by atoms with Gasteiger partial charge in [-0.2, -0.15) is 5.10 Å². The average Bonchev–Trinajstić information content (AvgIpc) is 3.17. The van der Waals surface area contributed by atoms with E-state index in [2.05, 4.69) is 5.10 Å². The van der Waals surface area contributed by atoms with Gasteiger partial charge in [0.15, 0.2) is 5.69 Å². The Hall–Kier alpha value is -3.52. The van der Waals surface area contributed by atoms with E-state index in [0.29, 0.717) is 28.4 Å². The molecule has 0 aliphatic heterocycles. The molecule has 0 saturated carbocycles. The second kappa shape index (κ2) is 8.87. The number of benzene rings is 2. The minimum absolute atomic E-state index is 0.0259. The van der Waals surface area contributed by atoms with Crippen LogP contribution in [0.3, 0.4) is 0 Å². The standard InChI is InChI=1S/C21H19ClN2O6/c1-4-30-21(27)14-11-16(19-17(28-2)6-5-7-18(19)29-3)24(23-14)15-9-8-12(20(25)26)10-13(15)22/h5-11H,4H2,1-3H3,(H,25,26). The van der Waals surface area contributed by atoms with E-state index in [9.17, 15) is 14.7 Å². The van der Waals surface area contributed by atoms with E-state index in [1.54, 1.807) is 31.2 Å². The summed E-state index contributed by atoms with van der Waals surface area (Å²) in [4.78, 5) is 23.6. The monoisotopic (exact) mass is 430 g/mol. The van der Waals surface area contributed by atoms with Crippen molar-refractivity contribution in [3.63, 3.8) is 0 Å². The van der Waals surface area contributed by atoms with Crippen LogP contribution in [0.5, 0.6) is 11.5 Å². The third-order valence-electron chi connectivity index (χ3n) is 4.30. The molecule has 1 heterocycles. The summed E-state index contributed by atoms with van der Waals surface area (Å²) in [7, 11) is 3.03. The zero-order valence-electron chi connectivity index (χ0n) is 16.5. The maximum Gasteiger partial charge on any atom is 0.358 e. The molecule has 0 aliphatic rings. The molecule has 0 atom stereocenters. The van der Waals surface area contributed by atoms with Crippen molar-refractivity contribution in [3.05, 3.63) is 58.7 Å². The molecule has 30 heavy (non-hydrogen) atoms. The number of esters is 1. The largest absolute Gasteiger partial charge is 0.496 e. The lowest BCUT2D eigenvalue weighted by atomic mass is 10.1. The highest BCUT2D eigenvalue weighted by atomic mass is 35.5. The smallest absolute Gasteiger partial charge is 0.358 e. The third kappa shape index (κ3) is 3.95. The highest BCUT2D eigenvalue weighted by Crippen LogP contribution is 2.40. The fourth-order valence-corrected chi connectivity index (χ4v) is 3.22. The van der Waals surface area contributed by atoms with Gasteiger partial charge in [0.25, 0.3) is 0 Å². The molecule has 0 aliphatic carbocycles.